The summed E-state index contributed by atoms with van der Waals surface area (Å²) in [6, 6.07) is 11.8. The highest BCUT2D eigenvalue weighted by Gasteiger charge is 2.36. The first-order valence-corrected chi connectivity index (χ1v) is 12.3. The minimum atomic E-state index is -0.185. The van der Waals surface area contributed by atoms with Gasteiger partial charge in [-0.3, -0.25) is 9.59 Å². The van der Waals surface area contributed by atoms with E-state index in [1.165, 1.54) is 23.1 Å². The van der Waals surface area contributed by atoms with Crippen LogP contribution >= 0.6 is 23.1 Å². The van der Waals surface area contributed by atoms with Gasteiger partial charge in [0, 0.05) is 25.4 Å². The van der Waals surface area contributed by atoms with Crippen molar-refractivity contribution >= 4 is 45.6 Å². The molecule has 3 aromatic rings. The monoisotopic (exact) mass is 453 g/mol. The van der Waals surface area contributed by atoms with Gasteiger partial charge in [-0.25, -0.2) is 0 Å². The highest BCUT2D eigenvalue weighted by molar-refractivity contribution is 8.01. The Labute approximate surface area is 189 Å². The van der Waals surface area contributed by atoms with Crippen molar-refractivity contribution in [3.63, 3.8) is 0 Å². The molecule has 0 bridgehead atoms. The molecule has 1 amide bonds. The third kappa shape index (κ3) is 4.19. The number of rotatable bonds is 4. The van der Waals surface area contributed by atoms with Crippen molar-refractivity contribution in [2.24, 2.45) is 5.92 Å². The maximum absolute atomic E-state index is 13.1. The Hall–Kier alpha value is -2.45. The summed E-state index contributed by atoms with van der Waals surface area (Å²) in [5.41, 5.74) is 0.696. The van der Waals surface area contributed by atoms with Crippen molar-refractivity contribution in [2.45, 2.75) is 36.6 Å². The number of carbonyl (C=O) groups excluding carboxylic acids is 2. The van der Waals surface area contributed by atoms with Crippen LogP contribution in [-0.2, 0) is 4.79 Å². The Balaban J connectivity index is 1.27. The number of ether oxygens (including phenoxy) is 1. The smallest absolute Gasteiger partial charge is 0.233 e. The number of nitrogens with zero attached hydrogens (tertiary/aromatic N) is 3. The van der Waals surface area contributed by atoms with E-state index in [1.54, 1.807) is 0 Å². The van der Waals surface area contributed by atoms with Crippen LogP contribution in [0, 0.1) is 12.8 Å². The zero-order valence-electron chi connectivity index (χ0n) is 17.2. The number of ketones is 1. The van der Waals surface area contributed by atoms with Gasteiger partial charge in [-0.05, 0) is 36.6 Å². The van der Waals surface area contributed by atoms with Crippen LogP contribution in [0.2, 0.25) is 0 Å². The number of amides is 1. The lowest BCUT2D eigenvalue weighted by Gasteiger charge is -2.38. The van der Waals surface area contributed by atoms with Crippen molar-refractivity contribution < 1.29 is 14.3 Å². The highest BCUT2D eigenvalue weighted by Crippen LogP contribution is 2.37. The lowest BCUT2D eigenvalue weighted by atomic mass is 9.85. The second-order valence-electron chi connectivity index (χ2n) is 8.06. The largest absolute Gasteiger partial charge is 0.489 e. The van der Waals surface area contributed by atoms with Gasteiger partial charge in [0.15, 0.2) is 10.1 Å². The molecule has 2 atom stereocenters. The molecule has 8 heteroatoms. The number of carbonyl (C=O) groups is 2. The van der Waals surface area contributed by atoms with Crippen molar-refractivity contribution in [1.82, 2.24) is 15.1 Å². The van der Waals surface area contributed by atoms with Crippen molar-refractivity contribution in [2.75, 3.05) is 18.8 Å². The Morgan fingerprint density at radius 3 is 2.97 bits per heavy atom. The molecule has 31 heavy (non-hydrogen) atoms. The van der Waals surface area contributed by atoms with Gasteiger partial charge in [-0.15, -0.1) is 10.2 Å². The number of piperidine rings is 1. The van der Waals surface area contributed by atoms with E-state index in [0.29, 0.717) is 30.0 Å². The third-order valence-corrected chi connectivity index (χ3v) is 7.95. The van der Waals surface area contributed by atoms with Gasteiger partial charge in [0.1, 0.15) is 16.9 Å². The van der Waals surface area contributed by atoms with E-state index >= 15 is 0 Å². The zero-order valence-corrected chi connectivity index (χ0v) is 18.9. The second-order valence-corrected chi connectivity index (χ2v) is 10.5. The second kappa shape index (κ2) is 8.59. The van der Waals surface area contributed by atoms with Crippen LogP contribution in [0.25, 0.3) is 10.8 Å². The normalized spacial score (nSPS) is 21.1. The van der Waals surface area contributed by atoms with Crippen molar-refractivity contribution in [3.8, 4) is 5.75 Å². The molecule has 6 nitrogen and oxygen atoms in total. The third-order valence-electron chi connectivity index (χ3n) is 6.00. The molecule has 0 spiro atoms. The van der Waals surface area contributed by atoms with E-state index in [0.717, 1.165) is 39.5 Å². The standard InChI is InChI=1S/C23H23N3O3S2/c1-14-24-25-23(31-14)30-13-21(28)26-10-4-6-16(12-26)20-11-18(27)22-17-7-3-2-5-15(17)8-9-19(22)29-20/h2-3,5,7-9,16,20H,4,6,10-13H2,1H3. The molecule has 1 fully saturated rings. The fourth-order valence-electron chi connectivity index (χ4n) is 4.48. The van der Waals surface area contributed by atoms with Crippen LogP contribution in [0.15, 0.2) is 40.7 Å². The molecule has 3 heterocycles. The quantitative estimate of drug-likeness (QED) is 0.547. The average molecular weight is 454 g/mol. The SMILES string of the molecule is Cc1nnc(SCC(=O)N2CCCC(C3CC(=O)c4c(ccc5ccccc45)O3)C2)s1. The first-order chi connectivity index (χ1) is 15.1. The molecular weight excluding hydrogens is 430 g/mol. The Morgan fingerprint density at radius 1 is 1.26 bits per heavy atom. The van der Waals surface area contributed by atoms with Crippen molar-refractivity contribution in [1.29, 1.82) is 0 Å². The van der Waals surface area contributed by atoms with Crippen LogP contribution in [0.3, 0.4) is 0 Å². The molecule has 2 unspecified atom stereocenters. The summed E-state index contributed by atoms with van der Waals surface area (Å²) >= 11 is 2.95. The molecule has 0 radical (unpaired) electrons. The lowest BCUT2D eigenvalue weighted by Crippen LogP contribution is -2.47. The molecule has 160 valence electrons. The van der Waals surface area contributed by atoms with Gasteiger partial charge in [0.2, 0.25) is 5.91 Å². The van der Waals surface area contributed by atoms with Gasteiger partial charge in [-0.1, -0.05) is 53.4 Å². The summed E-state index contributed by atoms with van der Waals surface area (Å²) in [7, 11) is 0. The number of aromatic nitrogens is 2. The first kappa shape index (κ1) is 20.5. The Kier molecular flexibility index (Phi) is 5.67. The minimum Gasteiger partial charge on any atom is -0.489 e. The van der Waals surface area contributed by atoms with Crippen LogP contribution in [0.1, 0.15) is 34.6 Å². The van der Waals surface area contributed by atoms with Crippen LogP contribution in [0.4, 0.5) is 0 Å². The Morgan fingerprint density at radius 2 is 2.13 bits per heavy atom. The van der Waals surface area contributed by atoms with Gasteiger partial charge in [-0.2, -0.15) is 0 Å². The molecule has 0 saturated carbocycles. The molecule has 0 aliphatic carbocycles. The summed E-state index contributed by atoms with van der Waals surface area (Å²) in [6.45, 7) is 3.30. The summed E-state index contributed by atoms with van der Waals surface area (Å²) in [6.07, 6.45) is 2.08. The number of hydrogen-bond donors (Lipinski definition) is 0. The van der Waals surface area contributed by atoms with E-state index in [1.807, 2.05) is 48.2 Å². The van der Waals surface area contributed by atoms with E-state index in [2.05, 4.69) is 10.2 Å². The number of likely N-dealkylation sites (tertiary alicyclic amines) is 1. The number of hydrogen-bond acceptors (Lipinski definition) is 7. The molecular formula is C23H23N3O3S2. The molecule has 2 aromatic carbocycles. The van der Waals surface area contributed by atoms with Gasteiger partial charge in [0.05, 0.1) is 11.3 Å². The van der Waals surface area contributed by atoms with E-state index in [9.17, 15) is 9.59 Å². The maximum atomic E-state index is 13.1. The van der Waals surface area contributed by atoms with Crippen LogP contribution < -0.4 is 4.74 Å². The topological polar surface area (TPSA) is 72.4 Å². The molecule has 1 aromatic heterocycles. The highest BCUT2D eigenvalue weighted by atomic mass is 32.2. The molecule has 2 aliphatic rings. The summed E-state index contributed by atoms with van der Waals surface area (Å²) in [5, 5.41) is 11.0. The number of fused-ring (bicyclic) bond motifs is 3. The fraction of sp³-hybridized carbons (Fsp3) is 0.391. The molecule has 2 aliphatic heterocycles. The average Bonchev–Trinajstić information content (AvgIpc) is 3.22. The summed E-state index contributed by atoms with van der Waals surface area (Å²) < 4.78 is 7.15. The minimum absolute atomic E-state index is 0.107. The van der Waals surface area contributed by atoms with Crippen LogP contribution in [0.5, 0.6) is 5.75 Å². The number of thioether (sulfide) groups is 1. The van der Waals surface area contributed by atoms with E-state index in [4.69, 9.17) is 4.74 Å². The zero-order chi connectivity index (χ0) is 21.4. The number of Topliss-reactive ketones (excluding diaryl/α,β-unsaturated/α-hetero) is 1. The maximum Gasteiger partial charge on any atom is 0.233 e. The van der Waals surface area contributed by atoms with Gasteiger partial charge >= 0.3 is 0 Å². The van der Waals surface area contributed by atoms with Gasteiger partial charge in [0.25, 0.3) is 0 Å². The number of aryl methyl sites for hydroxylation is 1. The Bertz CT molecular complexity index is 1150. The molecule has 0 N–H and O–H groups in total. The van der Waals surface area contributed by atoms with E-state index < -0.39 is 0 Å². The lowest BCUT2D eigenvalue weighted by molar-refractivity contribution is -0.130. The molecule has 5 rings (SSSR count). The molecule has 1 saturated heterocycles. The van der Waals surface area contributed by atoms with Crippen LogP contribution in [-0.4, -0.2) is 51.7 Å². The number of benzene rings is 2. The fourth-order valence-corrected chi connectivity index (χ4v) is 6.20. The van der Waals surface area contributed by atoms with Crippen molar-refractivity contribution in [3.05, 3.63) is 47.0 Å². The predicted octanol–water partition coefficient (Wildman–Crippen LogP) is 4.36. The summed E-state index contributed by atoms with van der Waals surface area (Å²) in [4.78, 5) is 27.7. The predicted molar refractivity (Wildman–Crippen MR) is 122 cm³/mol. The first-order valence-electron chi connectivity index (χ1n) is 10.5. The van der Waals surface area contributed by atoms with Gasteiger partial charge < -0.3 is 9.64 Å². The van der Waals surface area contributed by atoms with E-state index in [-0.39, 0.29) is 23.7 Å². The summed E-state index contributed by atoms with van der Waals surface area (Å²) in [5.74, 6) is 1.44.